The number of hydrogen-bond donors (Lipinski definition) is 4. The highest BCUT2D eigenvalue weighted by Crippen LogP contribution is 1.96. The molecule has 0 saturated heterocycles. The van der Waals surface area contributed by atoms with Crippen molar-refractivity contribution in [1.82, 2.24) is 0 Å². The maximum Gasteiger partial charge on any atom is 0.211 e. The molecule has 0 amide bonds. The smallest absolute Gasteiger partial charge is 0.211 e. The summed E-state index contributed by atoms with van der Waals surface area (Å²) in [7, 11) is 0. The summed E-state index contributed by atoms with van der Waals surface area (Å²) in [6, 6.07) is 0. The molecule has 0 aliphatic rings. The molecule has 0 spiro atoms. The van der Waals surface area contributed by atoms with E-state index in [2.05, 4.69) is 27.3 Å². The topological polar surface area (TPSA) is 154 Å². The number of nitrogens with zero attached hydrogens (tertiary/aromatic N) is 4. The normalized spacial score (nSPS) is 11.4. The van der Waals surface area contributed by atoms with Gasteiger partial charge < -0.3 is 22.9 Å². The van der Waals surface area contributed by atoms with Crippen LogP contribution in [0.3, 0.4) is 0 Å². The van der Waals surface area contributed by atoms with Gasteiger partial charge in [0.15, 0.2) is 0 Å². The fourth-order valence-corrected chi connectivity index (χ4v) is 0.782. The van der Waals surface area contributed by atoms with Gasteiger partial charge in [0, 0.05) is 0 Å². The van der Waals surface area contributed by atoms with Crippen LogP contribution in [0.5, 0.6) is 0 Å². The Morgan fingerprint density at radius 3 is 2.12 bits per heavy atom. The van der Waals surface area contributed by atoms with Gasteiger partial charge in [0.2, 0.25) is 11.9 Å². The van der Waals surface area contributed by atoms with Gasteiger partial charge >= 0.3 is 0 Å². The Labute approximate surface area is 94.2 Å². The minimum atomic E-state index is -0.118. The van der Waals surface area contributed by atoms with Crippen molar-refractivity contribution in [1.29, 1.82) is 0 Å². The summed E-state index contributed by atoms with van der Waals surface area (Å²) >= 11 is 0. The Morgan fingerprint density at radius 1 is 1.00 bits per heavy atom. The molecular weight excluding hydrogens is 208 g/mol. The number of rotatable bonds is 6. The Morgan fingerprint density at radius 2 is 1.62 bits per heavy atom. The molecule has 8 N–H and O–H groups in total. The average molecular weight is 226 g/mol. The van der Waals surface area contributed by atoms with E-state index < -0.39 is 0 Å². The summed E-state index contributed by atoms with van der Waals surface area (Å²) < 4.78 is 0. The van der Waals surface area contributed by atoms with Gasteiger partial charge in [-0.25, -0.2) is 0 Å². The third-order valence-electron chi connectivity index (χ3n) is 1.46. The van der Waals surface area contributed by atoms with Gasteiger partial charge in [-0.2, -0.15) is 10.2 Å². The van der Waals surface area contributed by atoms with Crippen molar-refractivity contribution >= 4 is 23.8 Å². The Bertz CT molecular complexity index is 306. The molecule has 0 saturated carbocycles. The standard InChI is InChI=1S/C8H18N8/c1-2-3-4-6(14-16-8(11)12)5-13-15-7(9)10/h5H,2-4H2,1H3,(H4,9,10,15)(H4,11,12,16)/b13-5+,14-6-. The van der Waals surface area contributed by atoms with Crippen LogP contribution in [0.4, 0.5) is 0 Å². The molecule has 0 unspecified atom stereocenters. The van der Waals surface area contributed by atoms with Crippen LogP contribution < -0.4 is 22.9 Å². The molecule has 0 aliphatic carbocycles. The lowest BCUT2D eigenvalue weighted by Gasteiger charge is -1.96. The number of unbranched alkanes of at least 4 members (excludes halogenated alkanes) is 1. The summed E-state index contributed by atoms with van der Waals surface area (Å²) in [5, 5.41) is 14.4. The molecule has 0 radical (unpaired) electrons. The summed E-state index contributed by atoms with van der Waals surface area (Å²) in [5.41, 5.74) is 21.1. The van der Waals surface area contributed by atoms with Crippen molar-refractivity contribution in [2.24, 2.45) is 43.3 Å². The van der Waals surface area contributed by atoms with Crippen LogP contribution in [-0.4, -0.2) is 23.8 Å². The summed E-state index contributed by atoms with van der Waals surface area (Å²) in [5.74, 6) is -0.225. The zero-order valence-corrected chi connectivity index (χ0v) is 9.30. The first-order chi connectivity index (χ1) is 7.56. The van der Waals surface area contributed by atoms with Crippen LogP contribution in [0.2, 0.25) is 0 Å². The van der Waals surface area contributed by atoms with E-state index in [4.69, 9.17) is 22.9 Å². The average Bonchev–Trinajstić information content (AvgIpc) is 2.20. The summed E-state index contributed by atoms with van der Waals surface area (Å²) in [4.78, 5) is 0. The maximum atomic E-state index is 5.15. The second-order valence-corrected chi connectivity index (χ2v) is 2.99. The molecule has 0 aliphatic heterocycles. The van der Waals surface area contributed by atoms with Gasteiger partial charge in [0.05, 0.1) is 11.9 Å². The molecule has 0 rings (SSSR count). The van der Waals surface area contributed by atoms with E-state index in [1.165, 1.54) is 6.21 Å². The molecule has 8 heteroatoms. The number of guanidine groups is 2. The minimum absolute atomic E-state index is 0.107. The van der Waals surface area contributed by atoms with Gasteiger partial charge in [-0.15, -0.1) is 10.2 Å². The summed E-state index contributed by atoms with van der Waals surface area (Å²) in [6.45, 7) is 2.06. The fourth-order valence-electron chi connectivity index (χ4n) is 0.782. The number of nitrogens with two attached hydrogens (primary N) is 4. The molecule has 0 aromatic carbocycles. The molecule has 0 fully saturated rings. The van der Waals surface area contributed by atoms with Crippen molar-refractivity contribution in [3.05, 3.63) is 0 Å². The SMILES string of the molecule is CCCCC(/C=N/N=C(N)N)=N/N=C(N)N. The van der Waals surface area contributed by atoms with E-state index in [0.717, 1.165) is 12.8 Å². The quantitative estimate of drug-likeness (QED) is 0.262. The molecular formula is C8H18N8. The first-order valence-electron chi connectivity index (χ1n) is 4.83. The Hall–Kier alpha value is -2.12. The highest BCUT2D eigenvalue weighted by atomic mass is 15.3. The predicted molar refractivity (Wildman–Crippen MR) is 67.1 cm³/mol. The van der Waals surface area contributed by atoms with Crippen LogP contribution in [0.25, 0.3) is 0 Å². The molecule has 0 aromatic rings. The van der Waals surface area contributed by atoms with E-state index in [1.807, 2.05) is 0 Å². The zero-order chi connectivity index (χ0) is 12.4. The molecule has 16 heavy (non-hydrogen) atoms. The molecule has 8 nitrogen and oxygen atoms in total. The van der Waals surface area contributed by atoms with E-state index in [9.17, 15) is 0 Å². The second kappa shape index (κ2) is 8.21. The van der Waals surface area contributed by atoms with Crippen molar-refractivity contribution in [3.63, 3.8) is 0 Å². The lowest BCUT2D eigenvalue weighted by molar-refractivity contribution is 0.836. The molecule has 0 heterocycles. The second-order valence-electron chi connectivity index (χ2n) is 2.99. The third kappa shape index (κ3) is 8.48. The van der Waals surface area contributed by atoms with Crippen molar-refractivity contribution in [2.45, 2.75) is 26.2 Å². The van der Waals surface area contributed by atoms with Gasteiger partial charge in [0.1, 0.15) is 0 Å². The van der Waals surface area contributed by atoms with Crippen molar-refractivity contribution in [2.75, 3.05) is 0 Å². The molecule has 0 bridgehead atoms. The van der Waals surface area contributed by atoms with Gasteiger partial charge in [-0.05, 0) is 12.8 Å². The van der Waals surface area contributed by atoms with Gasteiger partial charge in [0.25, 0.3) is 0 Å². The zero-order valence-electron chi connectivity index (χ0n) is 9.30. The molecule has 0 aromatic heterocycles. The summed E-state index contributed by atoms with van der Waals surface area (Å²) in [6.07, 6.45) is 4.10. The molecule has 0 atom stereocenters. The monoisotopic (exact) mass is 226 g/mol. The minimum Gasteiger partial charge on any atom is -0.369 e. The van der Waals surface area contributed by atoms with Crippen LogP contribution in [0, 0.1) is 0 Å². The highest BCUT2D eigenvalue weighted by Gasteiger charge is 1.95. The van der Waals surface area contributed by atoms with E-state index in [0.29, 0.717) is 12.1 Å². The van der Waals surface area contributed by atoms with Gasteiger partial charge in [-0.1, -0.05) is 13.3 Å². The first-order valence-corrected chi connectivity index (χ1v) is 4.83. The highest BCUT2D eigenvalue weighted by molar-refractivity contribution is 6.30. The first kappa shape index (κ1) is 13.9. The fraction of sp³-hybridized carbons (Fsp3) is 0.500. The van der Waals surface area contributed by atoms with Crippen LogP contribution in [0.1, 0.15) is 26.2 Å². The van der Waals surface area contributed by atoms with E-state index in [-0.39, 0.29) is 11.9 Å². The van der Waals surface area contributed by atoms with Crippen molar-refractivity contribution in [3.8, 4) is 0 Å². The van der Waals surface area contributed by atoms with Crippen LogP contribution in [0.15, 0.2) is 20.4 Å². The third-order valence-corrected chi connectivity index (χ3v) is 1.46. The van der Waals surface area contributed by atoms with Gasteiger partial charge in [-0.3, -0.25) is 0 Å². The van der Waals surface area contributed by atoms with E-state index in [1.54, 1.807) is 0 Å². The van der Waals surface area contributed by atoms with Crippen molar-refractivity contribution < 1.29 is 0 Å². The lowest BCUT2D eigenvalue weighted by Crippen LogP contribution is -2.22. The molecule has 90 valence electrons. The maximum absolute atomic E-state index is 5.15. The Kier molecular flexibility index (Phi) is 7.12. The largest absolute Gasteiger partial charge is 0.369 e. The lowest BCUT2D eigenvalue weighted by atomic mass is 10.2. The number of hydrogen-bond acceptors (Lipinski definition) is 4. The van der Waals surface area contributed by atoms with Crippen LogP contribution >= 0.6 is 0 Å². The Balaban J connectivity index is 4.55. The predicted octanol–water partition coefficient (Wildman–Crippen LogP) is -0.935. The van der Waals surface area contributed by atoms with E-state index >= 15 is 0 Å². The van der Waals surface area contributed by atoms with Crippen LogP contribution in [-0.2, 0) is 0 Å².